The van der Waals surface area contributed by atoms with Gasteiger partial charge in [-0.05, 0) is 38.1 Å². The van der Waals surface area contributed by atoms with E-state index in [0.29, 0.717) is 11.5 Å². The molecule has 30 heavy (non-hydrogen) atoms. The van der Waals surface area contributed by atoms with Crippen LogP contribution in [0.1, 0.15) is 41.5 Å². The van der Waals surface area contributed by atoms with E-state index < -0.39 is 29.6 Å². The number of fused-ring (bicyclic) bond motifs is 3. The Morgan fingerprint density at radius 2 is 1.87 bits per heavy atom. The maximum atomic E-state index is 14.7. The third kappa shape index (κ3) is 3.09. The fourth-order valence-electron chi connectivity index (χ4n) is 3.49. The summed E-state index contributed by atoms with van der Waals surface area (Å²) in [6, 6.07) is 5.92. The van der Waals surface area contributed by atoms with Crippen LogP contribution >= 0.6 is 23.2 Å². The van der Waals surface area contributed by atoms with Crippen LogP contribution in [-0.2, 0) is 4.79 Å². The number of carboxylic acid groups (broad SMARTS) is 1. The number of aliphatic imine (C=N–C) groups is 1. The van der Waals surface area contributed by atoms with E-state index in [2.05, 4.69) is 16.9 Å². The number of hydrogen-bond acceptors (Lipinski definition) is 3. The van der Waals surface area contributed by atoms with Crippen LogP contribution in [0.5, 0.6) is 0 Å². The summed E-state index contributed by atoms with van der Waals surface area (Å²) >= 11 is 12.7. The fraction of sp³-hybridized carbons (Fsp3) is 0.143. The zero-order valence-corrected chi connectivity index (χ0v) is 17.0. The molecule has 0 spiro atoms. The lowest BCUT2D eigenvalue weighted by atomic mass is 9.98. The molecule has 0 amide bonds. The predicted molar refractivity (Wildman–Crippen MR) is 110 cm³/mol. The van der Waals surface area contributed by atoms with Gasteiger partial charge in [0.1, 0.15) is 23.5 Å². The van der Waals surface area contributed by atoms with Crippen LogP contribution in [0.4, 0.5) is 8.78 Å². The van der Waals surface area contributed by atoms with Crippen LogP contribution < -0.4 is 0 Å². The molecule has 1 radical (unpaired) electrons. The van der Waals surface area contributed by atoms with E-state index in [1.807, 2.05) is 0 Å². The monoisotopic (exact) mass is 448 g/mol. The van der Waals surface area contributed by atoms with Crippen LogP contribution in [0.2, 0.25) is 10.0 Å². The number of hydrogen-bond donors (Lipinski definition) is 1. The van der Waals surface area contributed by atoms with E-state index in [-0.39, 0.29) is 32.6 Å². The largest absolute Gasteiger partial charge is 0.481 e. The van der Waals surface area contributed by atoms with Gasteiger partial charge in [-0.2, -0.15) is 0 Å². The standard InChI is InChI=1S/C21H14Cl2F2N3O2/c1-9(21(29)30)15-8-26-20-10(2)27-19(16-12(24)4-3-5-13(16)25)17-14(28(15)20)7-6-11(22)18(17)23/h3-10H,1H2,2H3,(H,29,30). The normalized spacial score (nSPS) is 16.3. The Labute approximate surface area is 180 Å². The third-order valence-electron chi connectivity index (χ3n) is 4.92. The molecule has 3 aromatic rings. The molecule has 2 atom stereocenters. The molecule has 0 fully saturated rings. The molecule has 1 aromatic heterocycles. The third-order valence-corrected chi connectivity index (χ3v) is 5.72. The van der Waals surface area contributed by atoms with E-state index in [4.69, 9.17) is 23.2 Å². The number of nitrogens with zero attached hydrogens (tertiary/aromatic N) is 3. The fourth-order valence-corrected chi connectivity index (χ4v) is 3.90. The number of imidazole rings is 1. The van der Waals surface area contributed by atoms with Crippen molar-refractivity contribution < 1.29 is 18.7 Å². The van der Waals surface area contributed by atoms with Gasteiger partial charge in [-0.3, -0.25) is 14.4 Å². The average Bonchev–Trinajstić information content (AvgIpc) is 3.08. The predicted octanol–water partition coefficient (Wildman–Crippen LogP) is 5.37. The van der Waals surface area contributed by atoms with Crippen LogP contribution in [0.25, 0.3) is 5.69 Å². The molecule has 0 saturated carbocycles. The zero-order valence-electron chi connectivity index (χ0n) is 15.5. The van der Waals surface area contributed by atoms with E-state index in [9.17, 15) is 18.7 Å². The van der Waals surface area contributed by atoms with Crippen molar-refractivity contribution in [1.82, 2.24) is 9.55 Å². The summed E-state index contributed by atoms with van der Waals surface area (Å²) in [5.74, 6) is -3.55. The van der Waals surface area contributed by atoms with E-state index in [1.54, 1.807) is 17.6 Å². The summed E-state index contributed by atoms with van der Waals surface area (Å²) in [6.07, 6.45) is 1.40. The van der Waals surface area contributed by atoms with Crippen molar-refractivity contribution >= 4 is 34.9 Å². The summed E-state index contributed by atoms with van der Waals surface area (Å²) in [6.45, 7) is 5.37. The second-order valence-electron chi connectivity index (χ2n) is 6.77. The molecule has 0 aliphatic carbocycles. The van der Waals surface area contributed by atoms with Crippen molar-refractivity contribution in [3.8, 4) is 5.69 Å². The van der Waals surface area contributed by atoms with Crippen molar-refractivity contribution in [1.29, 1.82) is 0 Å². The minimum Gasteiger partial charge on any atom is -0.481 e. The zero-order chi connectivity index (χ0) is 21.7. The number of aliphatic carboxylic acids is 1. The maximum Gasteiger partial charge on any atom is 0.312 e. The topological polar surface area (TPSA) is 67.5 Å². The first-order valence-electron chi connectivity index (χ1n) is 8.86. The quantitative estimate of drug-likeness (QED) is 0.585. The van der Waals surface area contributed by atoms with Gasteiger partial charge in [0.15, 0.2) is 0 Å². The van der Waals surface area contributed by atoms with Crippen LogP contribution in [-0.4, -0.2) is 26.3 Å². The highest BCUT2D eigenvalue weighted by Crippen LogP contribution is 2.39. The lowest BCUT2D eigenvalue weighted by Crippen LogP contribution is -2.16. The van der Waals surface area contributed by atoms with Gasteiger partial charge in [0.2, 0.25) is 0 Å². The molecule has 2 aromatic carbocycles. The van der Waals surface area contributed by atoms with Gasteiger partial charge < -0.3 is 5.11 Å². The van der Waals surface area contributed by atoms with E-state index >= 15 is 0 Å². The molecule has 0 saturated heterocycles. The summed E-state index contributed by atoms with van der Waals surface area (Å²) in [4.78, 5) is 20.4. The molecule has 2 unspecified atom stereocenters. The highest BCUT2D eigenvalue weighted by Gasteiger charge is 2.32. The first kappa shape index (κ1) is 20.5. The van der Waals surface area contributed by atoms with Crippen molar-refractivity contribution in [2.75, 3.05) is 0 Å². The lowest BCUT2D eigenvalue weighted by molar-refractivity contribution is -0.137. The van der Waals surface area contributed by atoms with Gasteiger partial charge in [-0.15, -0.1) is 0 Å². The van der Waals surface area contributed by atoms with Crippen molar-refractivity contribution in [3.05, 3.63) is 87.8 Å². The van der Waals surface area contributed by atoms with Gasteiger partial charge in [0.05, 0.1) is 38.6 Å². The Morgan fingerprint density at radius 3 is 2.50 bits per heavy atom. The molecule has 4 rings (SSSR count). The Kier molecular flexibility index (Phi) is 5.11. The molecule has 0 bridgehead atoms. The van der Waals surface area contributed by atoms with Gasteiger partial charge in [-0.1, -0.05) is 29.3 Å². The Bertz CT molecular complexity index is 1200. The second kappa shape index (κ2) is 7.49. The molecule has 1 N–H and O–H groups in total. The summed E-state index contributed by atoms with van der Waals surface area (Å²) in [7, 11) is 0. The number of carbonyl (C=O) groups is 1. The molecule has 2 heterocycles. The minimum absolute atomic E-state index is 0.0335. The van der Waals surface area contributed by atoms with Crippen LogP contribution in [0, 0.1) is 18.6 Å². The lowest BCUT2D eigenvalue weighted by Gasteiger charge is -2.18. The van der Waals surface area contributed by atoms with E-state index in [1.165, 1.54) is 18.3 Å². The maximum absolute atomic E-state index is 14.7. The Morgan fingerprint density at radius 1 is 1.20 bits per heavy atom. The summed E-state index contributed by atoms with van der Waals surface area (Å²) in [5, 5.41) is 9.65. The number of halogens is 4. The van der Waals surface area contributed by atoms with Gasteiger partial charge in [0, 0.05) is 11.8 Å². The first-order chi connectivity index (χ1) is 14.2. The highest BCUT2D eigenvalue weighted by atomic mass is 35.5. The van der Waals surface area contributed by atoms with Crippen molar-refractivity contribution in [2.45, 2.75) is 18.9 Å². The molecule has 5 nitrogen and oxygen atoms in total. The number of carboxylic acids is 1. The number of aromatic nitrogens is 2. The molecular weight excluding hydrogens is 435 g/mol. The second-order valence-corrected chi connectivity index (χ2v) is 7.56. The average molecular weight is 449 g/mol. The molecule has 9 heteroatoms. The van der Waals surface area contributed by atoms with E-state index in [0.717, 1.165) is 12.1 Å². The van der Waals surface area contributed by atoms with Crippen LogP contribution in [0.3, 0.4) is 0 Å². The van der Waals surface area contributed by atoms with Crippen molar-refractivity contribution in [3.63, 3.8) is 0 Å². The Balaban J connectivity index is 2.11. The minimum atomic E-state index is -1.16. The smallest absolute Gasteiger partial charge is 0.312 e. The SMILES string of the molecule is [CH2]C(C(=O)O)c1cnc2n1-c1ccc(Cl)c(Cl)c1C(c1c(F)cccc1F)=NC2C. The van der Waals surface area contributed by atoms with Crippen molar-refractivity contribution in [2.24, 2.45) is 4.99 Å². The molecular formula is C21H14Cl2F2N3O2. The highest BCUT2D eigenvalue weighted by molar-refractivity contribution is 6.45. The van der Waals surface area contributed by atoms with Gasteiger partial charge >= 0.3 is 5.97 Å². The number of benzene rings is 2. The molecule has 153 valence electrons. The first-order valence-corrected chi connectivity index (χ1v) is 9.62. The van der Waals surface area contributed by atoms with Gasteiger partial charge in [0.25, 0.3) is 0 Å². The summed E-state index contributed by atoms with van der Waals surface area (Å²) in [5.41, 5.74) is 0.414. The Hall–Kier alpha value is -2.77. The van der Waals surface area contributed by atoms with Crippen LogP contribution in [0.15, 0.2) is 41.5 Å². The molecule has 1 aliphatic heterocycles. The molecule has 1 aliphatic rings. The number of rotatable bonds is 3. The summed E-state index contributed by atoms with van der Waals surface area (Å²) < 4.78 is 30.9. The van der Waals surface area contributed by atoms with Gasteiger partial charge in [-0.25, -0.2) is 13.8 Å².